The summed E-state index contributed by atoms with van der Waals surface area (Å²) in [6, 6.07) is 13.0. The molecule has 0 aromatic heterocycles. The average molecular weight is 436 g/mol. The van der Waals surface area contributed by atoms with Gasteiger partial charge in [0.05, 0.1) is 26.9 Å². The summed E-state index contributed by atoms with van der Waals surface area (Å²) in [5.74, 6) is 1.96. The molecular formula is C26H29NO5. The topological polar surface area (TPSA) is 73.9 Å². The molecule has 2 aliphatic carbocycles. The van der Waals surface area contributed by atoms with Gasteiger partial charge in [0, 0.05) is 18.2 Å². The normalized spacial score (nSPS) is 19.1. The van der Waals surface area contributed by atoms with Crippen molar-refractivity contribution < 1.29 is 23.8 Å². The highest BCUT2D eigenvalue weighted by atomic mass is 16.5. The zero-order valence-electron chi connectivity index (χ0n) is 18.8. The molecule has 1 saturated carbocycles. The van der Waals surface area contributed by atoms with Gasteiger partial charge in [-0.25, -0.2) is 4.79 Å². The Bertz CT molecular complexity index is 1020. The number of hydrogen-bond acceptors (Lipinski definition) is 5. The molecule has 0 heterocycles. The summed E-state index contributed by atoms with van der Waals surface area (Å²) in [7, 11) is 4.65. The number of benzene rings is 2. The van der Waals surface area contributed by atoms with Crippen LogP contribution in [0.5, 0.6) is 11.5 Å². The number of amides is 1. The van der Waals surface area contributed by atoms with Gasteiger partial charge in [-0.2, -0.15) is 0 Å². The van der Waals surface area contributed by atoms with E-state index in [2.05, 4.69) is 5.32 Å². The van der Waals surface area contributed by atoms with Gasteiger partial charge in [-0.3, -0.25) is 4.79 Å². The average Bonchev–Trinajstić information content (AvgIpc) is 3.44. The van der Waals surface area contributed by atoms with Crippen LogP contribution in [0.25, 0.3) is 0 Å². The van der Waals surface area contributed by atoms with Gasteiger partial charge >= 0.3 is 5.97 Å². The number of nitrogens with one attached hydrogen (secondary N) is 1. The van der Waals surface area contributed by atoms with Gasteiger partial charge in [0.1, 0.15) is 11.5 Å². The van der Waals surface area contributed by atoms with Crippen molar-refractivity contribution >= 4 is 11.9 Å². The predicted molar refractivity (Wildman–Crippen MR) is 121 cm³/mol. The van der Waals surface area contributed by atoms with E-state index in [1.807, 2.05) is 30.3 Å². The molecule has 0 spiro atoms. The van der Waals surface area contributed by atoms with Gasteiger partial charge in [0.15, 0.2) is 0 Å². The largest absolute Gasteiger partial charge is 0.497 e. The summed E-state index contributed by atoms with van der Waals surface area (Å²) in [5, 5.41) is 3.09. The number of esters is 1. The van der Waals surface area contributed by atoms with Crippen LogP contribution in [-0.4, -0.2) is 33.2 Å². The van der Waals surface area contributed by atoms with E-state index in [0.717, 1.165) is 53.9 Å². The Morgan fingerprint density at radius 3 is 2.19 bits per heavy atom. The molecule has 2 aromatic carbocycles. The Balaban J connectivity index is 1.50. The zero-order valence-corrected chi connectivity index (χ0v) is 18.8. The lowest BCUT2D eigenvalue weighted by atomic mass is 9.87. The number of allylic oxidation sites excluding steroid dienone is 1. The molecular weight excluding hydrogens is 406 g/mol. The lowest BCUT2D eigenvalue weighted by Crippen LogP contribution is -2.28. The molecule has 1 amide bonds. The maximum absolute atomic E-state index is 13.2. The minimum absolute atomic E-state index is 0.0131. The fraction of sp³-hybridized carbons (Fsp3) is 0.385. The van der Waals surface area contributed by atoms with Crippen molar-refractivity contribution in [3.8, 4) is 11.5 Å². The van der Waals surface area contributed by atoms with Crippen LogP contribution >= 0.6 is 0 Å². The molecule has 0 aliphatic heterocycles. The molecule has 32 heavy (non-hydrogen) atoms. The highest BCUT2D eigenvalue weighted by Crippen LogP contribution is 2.49. The summed E-state index contributed by atoms with van der Waals surface area (Å²) < 4.78 is 15.6. The first kappa shape index (κ1) is 21.9. The Morgan fingerprint density at radius 1 is 0.906 bits per heavy atom. The highest BCUT2D eigenvalue weighted by Gasteiger charge is 2.41. The molecule has 6 nitrogen and oxygen atoms in total. The van der Waals surface area contributed by atoms with Crippen LogP contribution in [0.2, 0.25) is 0 Å². The van der Waals surface area contributed by atoms with Crippen LogP contribution in [0.4, 0.5) is 0 Å². The maximum Gasteiger partial charge on any atom is 0.337 e. The van der Waals surface area contributed by atoms with Gasteiger partial charge in [-0.1, -0.05) is 17.7 Å². The SMILES string of the molecule is COC(=O)c1ccc(CNC(=O)C2=C(Cc3cc(OC)cc(OC)c3)C3CCC2C3)cc1. The molecule has 2 bridgehead atoms. The van der Waals surface area contributed by atoms with Crippen LogP contribution in [0.3, 0.4) is 0 Å². The highest BCUT2D eigenvalue weighted by molar-refractivity contribution is 5.95. The fourth-order valence-corrected chi connectivity index (χ4v) is 4.96. The first-order valence-corrected chi connectivity index (χ1v) is 10.9. The van der Waals surface area contributed by atoms with Gasteiger partial charge in [0.25, 0.3) is 0 Å². The second kappa shape index (κ2) is 9.47. The molecule has 0 saturated heterocycles. The number of carbonyl (C=O) groups is 2. The van der Waals surface area contributed by atoms with E-state index in [1.165, 1.54) is 12.7 Å². The minimum atomic E-state index is -0.369. The van der Waals surface area contributed by atoms with Crippen molar-refractivity contribution in [2.75, 3.05) is 21.3 Å². The molecule has 1 fully saturated rings. The van der Waals surface area contributed by atoms with E-state index < -0.39 is 0 Å². The number of carbonyl (C=O) groups excluding carboxylic acids is 2. The van der Waals surface area contributed by atoms with Crippen LogP contribution < -0.4 is 14.8 Å². The summed E-state index contributed by atoms with van der Waals surface area (Å²) >= 11 is 0. The van der Waals surface area contributed by atoms with E-state index in [1.54, 1.807) is 26.4 Å². The Kier molecular flexibility index (Phi) is 6.49. The van der Waals surface area contributed by atoms with E-state index in [9.17, 15) is 9.59 Å². The molecule has 2 unspecified atom stereocenters. The van der Waals surface area contributed by atoms with Crippen LogP contribution in [0, 0.1) is 11.8 Å². The van der Waals surface area contributed by atoms with Crippen LogP contribution in [-0.2, 0) is 22.5 Å². The van der Waals surface area contributed by atoms with Gasteiger partial charge < -0.3 is 19.5 Å². The molecule has 1 N–H and O–H groups in total. The lowest BCUT2D eigenvalue weighted by Gasteiger charge is -2.20. The van der Waals surface area contributed by atoms with Crippen molar-refractivity contribution in [2.45, 2.75) is 32.2 Å². The third-order valence-corrected chi connectivity index (χ3v) is 6.56. The first-order chi connectivity index (χ1) is 15.5. The third kappa shape index (κ3) is 4.49. The van der Waals surface area contributed by atoms with Crippen molar-refractivity contribution in [1.29, 1.82) is 0 Å². The van der Waals surface area contributed by atoms with Crippen LogP contribution in [0.1, 0.15) is 40.7 Å². The van der Waals surface area contributed by atoms with E-state index in [-0.39, 0.29) is 11.9 Å². The van der Waals surface area contributed by atoms with Crippen molar-refractivity contribution in [1.82, 2.24) is 5.32 Å². The number of ether oxygens (including phenoxy) is 3. The van der Waals surface area contributed by atoms with Gasteiger partial charge in [0.2, 0.25) is 5.91 Å². The molecule has 2 aliphatic rings. The molecule has 2 aromatic rings. The summed E-state index contributed by atoms with van der Waals surface area (Å²) in [6.07, 6.45) is 4.01. The third-order valence-electron chi connectivity index (χ3n) is 6.56. The summed E-state index contributed by atoms with van der Waals surface area (Å²) in [4.78, 5) is 24.8. The second-order valence-corrected chi connectivity index (χ2v) is 8.41. The Labute approximate surface area is 188 Å². The van der Waals surface area contributed by atoms with Gasteiger partial charge in [-0.05, 0) is 72.9 Å². The standard InChI is InChI=1S/C26H29NO5/c1-30-21-10-17(11-22(14-21)31-2)12-23-19-8-9-20(13-19)24(23)25(28)27-15-16-4-6-18(7-5-16)26(29)32-3/h4-7,10-11,14,19-20H,8-9,12-13,15H2,1-3H3,(H,27,28). The number of methoxy groups -OCH3 is 3. The molecule has 2 atom stereocenters. The smallest absolute Gasteiger partial charge is 0.337 e. The van der Waals surface area contributed by atoms with Crippen LogP contribution in [0.15, 0.2) is 53.6 Å². The van der Waals surface area contributed by atoms with Crippen molar-refractivity contribution in [3.05, 3.63) is 70.3 Å². The first-order valence-electron chi connectivity index (χ1n) is 10.9. The van der Waals surface area contributed by atoms with E-state index in [4.69, 9.17) is 14.2 Å². The second-order valence-electron chi connectivity index (χ2n) is 8.41. The molecule has 0 radical (unpaired) electrons. The minimum Gasteiger partial charge on any atom is -0.497 e. The molecule has 168 valence electrons. The Morgan fingerprint density at radius 2 is 1.56 bits per heavy atom. The van der Waals surface area contributed by atoms with Crippen molar-refractivity contribution in [2.24, 2.45) is 11.8 Å². The lowest BCUT2D eigenvalue weighted by molar-refractivity contribution is -0.118. The summed E-state index contributed by atoms with van der Waals surface area (Å²) in [6.45, 7) is 0.418. The molecule has 6 heteroatoms. The van der Waals surface area contributed by atoms with E-state index in [0.29, 0.717) is 23.9 Å². The molecule has 4 rings (SSSR count). The summed E-state index contributed by atoms with van der Waals surface area (Å²) in [5.41, 5.74) is 4.72. The van der Waals surface area contributed by atoms with Gasteiger partial charge in [-0.15, -0.1) is 0 Å². The zero-order chi connectivity index (χ0) is 22.7. The quantitative estimate of drug-likeness (QED) is 0.633. The number of rotatable bonds is 8. The Hall–Kier alpha value is -3.28. The maximum atomic E-state index is 13.2. The fourth-order valence-electron chi connectivity index (χ4n) is 4.96. The monoisotopic (exact) mass is 435 g/mol. The van der Waals surface area contributed by atoms with Crippen molar-refractivity contribution in [3.63, 3.8) is 0 Å². The van der Waals surface area contributed by atoms with E-state index >= 15 is 0 Å². The predicted octanol–water partition coefficient (Wildman–Crippen LogP) is 4.08. The number of fused-ring (bicyclic) bond motifs is 2. The number of hydrogen-bond donors (Lipinski definition) is 1.